The number of hydrogen-bond donors (Lipinski definition) is 1. The van der Waals surface area contributed by atoms with E-state index < -0.39 is 0 Å². The van der Waals surface area contributed by atoms with Crippen molar-refractivity contribution in [1.82, 2.24) is 20.0 Å². The molecule has 0 aliphatic carbocycles. The van der Waals surface area contributed by atoms with E-state index in [0.717, 1.165) is 45.3 Å². The predicted molar refractivity (Wildman–Crippen MR) is 91.5 cm³/mol. The number of fused-ring (bicyclic) bond motifs is 2. The molecule has 2 amide bonds. The van der Waals surface area contributed by atoms with Crippen molar-refractivity contribution in [2.75, 3.05) is 33.7 Å². The molecule has 1 N–H and O–H groups in total. The van der Waals surface area contributed by atoms with Crippen LogP contribution in [-0.4, -0.2) is 78.1 Å². The zero-order valence-corrected chi connectivity index (χ0v) is 14.8. The third-order valence-electron chi connectivity index (χ3n) is 7.20. The number of carbonyl (C=O) groups excluding carboxylic acids is 1. The minimum atomic E-state index is 0.178. The SMILES string of the molecule is CN1CCC2(CC1)CCN2C(=O)NC1C[C@H]2CCC[C@@H](C1)N2C. The Morgan fingerprint density at radius 2 is 1.61 bits per heavy atom. The summed E-state index contributed by atoms with van der Waals surface area (Å²) in [6.45, 7) is 3.21. The van der Waals surface area contributed by atoms with Gasteiger partial charge in [-0.15, -0.1) is 0 Å². The van der Waals surface area contributed by atoms with Crippen LogP contribution in [0.5, 0.6) is 0 Å². The van der Waals surface area contributed by atoms with E-state index in [1.54, 1.807) is 0 Å². The van der Waals surface area contributed by atoms with Crippen LogP contribution in [0.25, 0.3) is 0 Å². The molecule has 5 nitrogen and oxygen atoms in total. The minimum Gasteiger partial charge on any atom is -0.335 e. The van der Waals surface area contributed by atoms with Gasteiger partial charge in [-0.2, -0.15) is 0 Å². The van der Waals surface area contributed by atoms with Gasteiger partial charge in [-0.3, -0.25) is 0 Å². The fraction of sp³-hybridized carbons (Fsp3) is 0.944. The molecule has 4 saturated heterocycles. The lowest BCUT2D eigenvalue weighted by Gasteiger charge is -2.56. The third-order valence-corrected chi connectivity index (χ3v) is 7.20. The van der Waals surface area contributed by atoms with Crippen molar-refractivity contribution in [3.8, 4) is 0 Å². The summed E-state index contributed by atoms with van der Waals surface area (Å²) in [6, 6.07) is 1.97. The van der Waals surface area contributed by atoms with E-state index in [9.17, 15) is 4.79 Å². The number of nitrogens with one attached hydrogen (secondary N) is 1. The lowest BCUT2D eigenvalue weighted by Crippen LogP contribution is -2.68. The molecule has 4 aliphatic rings. The van der Waals surface area contributed by atoms with Gasteiger partial charge < -0.3 is 20.0 Å². The van der Waals surface area contributed by atoms with Crippen molar-refractivity contribution in [2.24, 2.45) is 0 Å². The third kappa shape index (κ3) is 2.76. The highest BCUT2D eigenvalue weighted by Crippen LogP contribution is 2.40. The van der Waals surface area contributed by atoms with Gasteiger partial charge in [0.1, 0.15) is 0 Å². The molecule has 4 heterocycles. The van der Waals surface area contributed by atoms with Crippen molar-refractivity contribution in [2.45, 2.75) is 75.0 Å². The van der Waals surface area contributed by atoms with Crippen molar-refractivity contribution in [1.29, 1.82) is 0 Å². The second-order valence-corrected chi connectivity index (χ2v) is 8.45. The highest BCUT2D eigenvalue weighted by Gasteiger charge is 2.49. The Labute approximate surface area is 140 Å². The summed E-state index contributed by atoms with van der Waals surface area (Å²) in [7, 11) is 4.46. The zero-order chi connectivity index (χ0) is 16.0. The minimum absolute atomic E-state index is 0.178. The number of likely N-dealkylation sites (tertiary alicyclic amines) is 2. The van der Waals surface area contributed by atoms with Gasteiger partial charge in [0.15, 0.2) is 0 Å². The number of carbonyl (C=O) groups is 1. The number of hydrogen-bond acceptors (Lipinski definition) is 3. The lowest BCUT2D eigenvalue weighted by atomic mass is 9.76. The first-order valence-corrected chi connectivity index (χ1v) is 9.56. The van der Waals surface area contributed by atoms with Gasteiger partial charge in [0.25, 0.3) is 0 Å². The van der Waals surface area contributed by atoms with E-state index in [0.29, 0.717) is 18.1 Å². The Hall–Kier alpha value is -0.810. The normalized spacial score (nSPS) is 37.5. The molecular formula is C18H32N4O. The van der Waals surface area contributed by atoms with Crippen LogP contribution in [0.2, 0.25) is 0 Å². The van der Waals surface area contributed by atoms with Crippen molar-refractivity contribution < 1.29 is 4.79 Å². The first kappa shape index (κ1) is 15.7. The summed E-state index contributed by atoms with van der Waals surface area (Å²) in [4.78, 5) is 19.9. The van der Waals surface area contributed by atoms with Crippen LogP contribution in [0.4, 0.5) is 4.79 Å². The van der Waals surface area contributed by atoms with Crippen LogP contribution in [0.15, 0.2) is 0 Å². The van der Waals surface area contributed by atoms with Gasteiger partial charge in [-0.05, 0) is 59.0 Å². The highest BCUT2D eigenvalue weighted by molar-refractivity contribution is 5.76. The maximum Gasteiger partial charge on any atom is 0.318 e. The summed E-state index contributed by atoms with van der Waals surface area (Å²) in [5, 5.41) is 3.40. The highest BCUT2D eigenvalue weighted by atomic mass is 16.2. The summed E-state index contributed by atoms with van der Waals surface area (Å²) < 4.78 is 0. The van der Waals surface area contributed by atoms with Crippen LogP contribution in [-0.2, 0) is 0 Å². The number of urea groups is 1. The largest absolute Gasteiger partial charge is 0.335 e. The Kier molecular flexibility index (Phi) is 4.04. The van der Waals surface area contributed by atoms with Gasteiger partial charge in [0, 0.05) is 43.3 Å². The fourth-order valence-corrected chi connectivity index (χ4v) is 5.40. The molecule has 1 spiro atoms. The van der Waals surface area contributed by atoms with Crippen LogP contribution in [0.3, 0.4) is 0 Å². The lowest BCUT2D eigenvalue weighted by molar-refractivity contribution is -0.0242. The van der Waals surface area contributed by atoms with Gasteiger partial charge in [-0.1, -0.05) is 6.42 Å². The molecule has 23 heavy (non-hydrogen) atoms. The van der Waals surface area contributed by atoms with E-state index in [1.807, 2.05) is 0 Å². The predicted octanol–water partition coefficient (Wildman–Crippen LogP) is 1.88. The molecule has 0 radical (unpaired) electrons. The first-order chi connectivity index (χ1) is 11.1. The maximum absolute atomic E-state index is 12.8. The van der Waals surface area contributed by atoms with Gasteiger partial charge in [-0.25, -0.2) is 4.79 Å². The first-order valence-electron chi connectivity index (χ1n) is 9.56. The molecular weight excluding hydrogens is 288 g/mol. The molecule has 4 aliphatic heterocycles. The molecule has 2 bridgehead atoms. The van der Waals surface area contributed by atoms with Crippen LogP contribution in [0, 0.1) is 0 Å². The molecule has 4 rings (SSSR count). The van der Waals surface area contributed by atoms with Crippen molar-refractivity contribution >= 4 is 6.03 Å². The van der Waals surface area contributed by atoms with E-state index >= 15 is 0 Å². The molecule has 0 aromatic carbocycles. The molecule has 0 aromatic heterocycles. The van der Waals surface area contributed by atoms with Gasteiger partial charge in [0.05, 0.1) is 0 Å². The number of amides is 2. The molecule has 5 heteroatoms. The monoisotopic (exact) mass is 320 g/mol. The maximum atomic E-state index is 12.8. The van der Waals surface area contributed by atoms with Crippen molar-refractivity contribution in [3.05, 3.63) is 0 Å². The van der Waals surface area contributed by atoms with E-state index in [4.69, 9.17) is 0 Å². The molecule has 130 valence electrons. The second-order valence-electron chi connectivity index (χ2n) is 8.45. The smallest absolute Gasteiger partial charge is 0.318 e. The molecule has 1 unspecified atom stereocenters. The fourth-order valence-electron chi connectivity index (χ4n) is 5.40. The number of rotatable bonds is 1. The molecule has 0 aromatic rings. The summed E-state index contributed by atoms with van der Waals surface area (Å²) in [6.07, 6.45) is 9.75. The molecule has 3 atom stereocenters. The Morgan fingerprint density at radius 1 is 1.00 bits per heavy atom. The number of piperidine rings is 3. The average Bonchev–Trinajstić information content (AvgIpc) is 2.48. The van der Waals surface area contributed by atoms with Crippen molar-refractivity contribution in [3.63, 3.8) is 0 Å². The van der Waals surface area contributed by atoms with Gasteiger partial charge in [0.2, 0.25) is 0 Å². The second kappa shape index (κ2) is 5.92. The topological polar surface area (TPSA) is 38.8 Å². The zero-order valence-electron chi connectivity index (χ0n) is 14.8. The van der Waals surface area contributed by atoms with Crippen LogP contribution >= 0.6 is 0 Å². The van der Waals surface area contributed by atoms with E-state index in [2.05, 4.69) is 34.1 Å². The standard InChI is InChI=1S/C18H32N4O/c1-20-9-6-18(7-10-20)8-11-22(18)17(23)19-14-12-15-4-3-5-16(13-14)21(15)2/h14-16H,3-13H2,1-2H3,(H,19,23)/t14?,15-,16+. The molecule has 0 saturated carbocycles. The van der Waals surface area contributed by atoms with Crippen LogP contribution in [0.1, 0.15) is 51.4 Å². The average molecular weight is 320 g/mol. The van der Waals surface area contributed by atoms with Crippen LogP contribution < -0.4 is 5.32 Å². The van der Waals surface area contributed by atoms with Gasteiger partial charge >= 0.3 is 6.03 Å². The quantitative estimate of drug-likeness (QED) is 0.802. The van der Waals surface area contributed by atoms with E-state index in [1.165, 1.54) is 25.7 Å². The Bertz CT molecular complexity index is 446. The van der Waals surface area contributed by atoms with E-state index in [-0.39, 0.29) is 11.6 Å². The Balaban J connectivity index is 1.35. The summed E-state index contributed by atoms with van der Waals surface area (Å²) >= 11 is 0. The summed E-state index contributed by atoms with van der Waals surface area (Å²) in [5.41, 5.74) is 0.178. The Morgan fingerprint density at radius 3 is 2.17 bits per heavy atom. The summed E-state index contributed by atoms with van der Waals surface area (Å²) in [5.74, 6) is 0. The molecule has 4 fully saturated rings. The number of nitrogens with zero attached hydrogens (tertiary/aromatic N) is 3.